The van der Waals surface area contributed by atoms with Gasteiger partial charge in [-0.05, 0) is 24.9 Å². The predicted octanol–water partition coefficient (Wildman–Crippen LogP) is 1.76. The number of esters is 1. The van der Waals surface area contributed by atoms with Gasteiger partial charge in [-0.2, -0.15) is 4.98 Å². The number of aryl methyl sites for hydroxylation is 1. The summed E-state index contributed by atoms with van der Waals surface area (Å²) in [6.45, 7) is 3.62. The Morgan fingerprint density at radius 1 is 1.50 bits per heavy atom. The van der Waals surface area contributed by atoms with Gasteiger partial charge in [0.15, 0.2) is 0 Å². The number of methoxy groups -OCH3 is 2. The summed E-state index contributed by atoms with van der Waals surface area (Å²) in [6.07, 6.45) is 0.325. The Balaban J connectivity index is 2.66. The second-order valence-corrected chi connectivity index (χ2v) is 6.00. The quantitative estimate of drug-likeness (QED) is 0.339. The van der Waals surface area contributed by atoms with E-state index in [1.165, 1.54) is 19.1 Å². The van der Waals surface area contributed by atoms with Gasteiger partial charge in [-0.1, -0.05) is 6.92 Å². The third kappa shape index (κ3) is 3.01. The van der Waals surface area contributed by atoms with E-state index >= 15 is 0 Å². The number of carbonyl (C=O) groups is 1. The topological polar surface area (TPSA) is 108 Å². The second-order valence-electron chi connectivity index (χ2n) is 5.66. The molecule has 1 aromatic heterocycles. The van der Waals surface area contributed by atoms with Crippen LogP contribution in [0.5, 0.6) is 0 Å². The highest BCUT2D eigenvalue weighted by Gasteiger charge is 2.51. The Hall–Kier alpha value is -2.00. The van der Waals surface area contributed by atoms with Crippen LogP contribution in [0, 0.1) is 10.1 Å². The number of halogens is 1. The standard InChI is InChI=1S/C14H19ClN4O5/c1-5-9-10(19(21)22)11(17-13(15)16-9)18-7-8(23-3)6-14(18,2)12(20)24-4/h8H,5-7H2,1-4H3/t8-,14+/m1/s1. The van der Waals surface area contributed by atoms with Gasteiger partial charge in [-0.15, -0.1) is 0 Å². The van der Waals surface area contributed by atoms with Crippen molar-refractivity contribution in [3.8, 4) is 0 Å². The molecule has 1 aliphatic heterocycles. The number of hydrogen-bond acceptors (Lipinski definition) is 8. The molecule has 1 aromatic rings. The summed E-state index contributed by atoms with van der Waals surface area (Å²) in [4.78, 5) is 32.9. The van der Waals surface area contributed by atoms with Crippen LogP contribution < -0.4 is 4.90 Å². The van der Waals surface area contributed by atoms with E-state index in [0.29, 0.717) is 12.8 Å². The van der Waals surface area contributed by atoms with Crippen LogP contribution in [0.4, 0.5) is 11.5 Å². The number of aromatic nitrogens is 2. The molecule has 0 amide bonds. The van der Waals surface area contributed by atoms with Gasteiger partial charge in [-0.3, -0.25) is 10.1 Å². The number of ether oxygens (including phenoxy) is 2. The largest absolute Gasteiger partial charge is 0.467 e. The first-order valence-electron chi connectivity index (χ1n) is 7.38. The van der Waals surface area contributed by atoms with Gasteiger partial charge in [0.05, 0.1) is 18.1 Å². The second kappa shape index (κ2) is 6.86. The molecule has 1 fully saturated rings. The summed E-state index contributed by atoms with van der Waals surface area (Å²) >= 11 is 5.94. The third-order valence-corrected chi connectivity index (χ3v) is 4.42. The maximum Gasteiger partial charge on any atom is 0.332 e. The monoisotopic (exact) mass is 358 g/mol. The zero-order valence-electron chi connectivity index (χ0n) is 13.9. The van der Waals surface area contributed by atoms with Gasteiger partial charge in [0.1, 0.15) is 11.2 Å². The molecule has 2 rings (SSSR count). The molecule has 10 heteroatoms. The molecule has 0 N–H and O–H groups in total. The third-order valence-electron chi connectivity index (χ3n) is 4.25. The maximum atomic E-state index is 12.3. The van der Waals surface area contributed by atoms with Crippen LogP contribution in [-0.2, 0) is 20.7 Å². The fourth-order valence-electron chi connectivity index (χ4n) is 3.00. The number of hydrogen-bond donors (Lipinski definition) is 0. The van der Waals surface area contributed by atoms with Crippen molar-refractivity contribution in [2.24, 2.45) is 0 Å². The van der Waals surface area contributed by atoms with Crippen molar-refractivity contribution in [2.75, 3.05) is 25.7 Å². The first kappa shape index (κ1) is 18.3. The summed E-state index contributed by atoms with van der Waals surface area (Å²) < 4.78 is 10.2. The Kier molecular flexibility index (Phi) is 5.24. The van der Waals surface area contributed by atoms with Crippen LogP contribution in [0.15, 0.2) is 0 Å². The first-order valence-corrected chi connectivity index (χ1v) is 7.75. The Bertz CT molecular complexity index is 671. The lowest BCUT2D eigenvalue weighted by atomic mass is 9.98. The van der Waals surface area contributed by atoms with Gasteiger partial charge in [0, 0.05) is 20.1 Å². The number of rotatable bonds is 5. The highest BCUT2D eigenvalue weighted by molar-refractivity contribution is 6.28. The van der Waals surface area contributed by atoms with Crippen molar-refractivity contribution < 1.29 is 19.2 Å². The molecular weight excluding hydrogens is 340 g/mol. The van der Waals surface area contributed by atoms with E-state index in [4.69, 9.17) is 21.1 Å². The number of nitrogens with zero attached hydrogens (tertiary/aromatic N) is 4. The molecule has 0 radical (unpaired) electrons. The van der Waals surface area contributed by atoms with Gasteiger partial charge < -0.3 is 14.4 Å². The molecule has 2 atom stereocenters. The molecule has 0 unspecified atom stereocenters. The van der Waals surface area contributed by atoms with Crippen molar-refractivity contribution in [2.45, 2.75) is 38.3 Å². The van der Waals surface area contributed by atoms with Crippen molar-refractivity contribution >= 4 is 29.1 Å². The molecule has 132 valence electrons. The summed E-state index contributed by atoms with van der Waals surface area (Å²) in [5.41, 5.74) is -1.19. The van der Waals surface area contributed by atoms with Crippen molar-refractivity contribution in [1.29, 1.82) is 0 Å². The van der Waals surface area contributed by atoms with E-state index in [0.717, 1.165) is 0 Å². The molecule has 24 heavy (non-hydrogen) atoms. The molecule has 0 aromatic carbocycles. The molecular formula is C14H19ClN4O5. The fraction of sp³-hybridized carbons (Fsp3) is 0.643. The van der Waals surface area contributed by atoms with Gasteiger partial charge in [0.2, 0.25) is 11.1 Å². The molecule has 9 nitrogen and oxygen atoms in total. The lowest BCUT2D eigenvalue weighted by molar-refractivity contribution is -0.385. The average Bonchev–Trinajstić information content (AvgIpc) is 2.90. The molecule has 2 heterocycles. The minimum absolute atomic E-state index is 0.00398. The first-order chi connectivity index (χ1) is 11.3. The predicted molar refractivity (Wildman–Crippen MR) is 86.3 cm³/mol. The van der Waals surface area contributed by atoms with Crippen LogP contribution in [0.25, 0.3) is 0 Å². The number of carbonyl (C=O) groups excluding carboxylic acids is 1. The van der Waals surface area contributed by atoms with E-state index in [1.54, 1.807) is 13.8 Å². The van der Waals surface area contributed by atoms with Gasteiger partial charge in [0.25, 0.3) is 0 Å². The van der Waals surface area contributed by atoms with Crippen molar-refractivity contribution in [1.82, 2.24) is 9.97 Å². The van der Waals surface area contributed by atoms with Crippen LogP contribution in [-0.4, -0.2) is 53.3 Å². The number of nitro groups is 1. The van der Waals surface area contributed by atoms with Crippen molar-refractivity contribution in [3.63, 3.8) is 0 Å². The summed E-state index contributed by atoms with van der Waals surface area (Å²) in [7, 11) is 2.79. The van der Waals surface area contributed by atoms with E-state index in [9.17, 15) is 14.9 Å². The summed E-state index contributed by atoms with van der Waals surface area (Å²) in [5, 5.41) is 11.5. The Morgan fingerprint density at radius 2 is 2.17 bits per heavy atom. The van der Waals surface area contributed by atoms with Crippen LogP contribution in [0.3, 0.4) is 0 Å². The van der Waals surface area contributed by atoms with Crippen molar-refractivity contribution in [3.05, 3.63) is 21.1 Å². The highest BCUT2D eigenvalue weighted by Crippen LogP contribution is 2.40. The Morgan fingerprint density at radius 3 is 2.67 bits per heavy atom. The van der Waals surface area contributed by atoms with Crippen LogP contribution in [0.1, 0.15) is 26.0 Å². The molecule has 0 bridgehead atoms. The fourth-order valence-corrected chi connectivity index (χ4v) is 3.18. The van der Waals surface area contributed by atoms with Gasteiger partial charge in [-0.25, -0.2) is 9.78 Å². The minimum Gasteiger partial charge on any atom is -0.467 e. The smallest absolute Gasteiger partial charge is 0.332 e. The number of anilines is 1. The minimum atomic E-state index is -1.15. The molecule has 0 aliphatic carbocycles. The average molecular weight is 359 g/mol. The molecule has 1 aliphatic rings. The van der Waals surface area contributed by atoms with E-state index in [-0.39, 0.29) is 35.1 Å². The van der Waals surface area contributed by atoms with Crippen LogP contribution in [0.2, 0.25) is 5.28 Å². The summed E-state index contributed by atoms with van der Waals surface area (Å²) in [6, 6.07) is 0. The molecule has 1 saturated heterocycles. The van der Waals surface area contributed by atoms with E-state index in [2.05, 4.69) is 9.97 Å². The molecule has 0 saturated carbocycles. The van der Waals surface area contributed by atoms with E-state index in [1.807, 2.05) is 0 Å². The van der Waals surface area contributed by atoms with E-state index < -0.39 is 16.4 Å². The van der Waals surface area contributed by atoms with Gasteiger partial charge >= 0.3 is 11.7 Å². The highest BCUT2D eigenvalue weighted by atomic mass is 35.5. The summed E-state index contributed by atoms with van der Waals surface area (Å²) in [5.74, 6) is -0.520. The normalized spacial score (nSPS) is 23.4. The van der Waals surface area contributed by atoms with Crippen LogP contribution >= 0.6 is 11.6 Å². The molecule has 0 spiro atoms. The lowest BCUT2D eigenvalue weighted by Crippen LogP contribution is -2.49. The zero-order chi connectivity index (χ0) is 18.1. The lowest BCUT2D eigenvalue weighted by Gasteiger charge is -2.32. The SMILES string of the molecule is CCc1nc(Cl)nc(N2C[C@H](OC)C[C@@]2(C)C(=O)OC)c1[N+](=O)[O-]. The zero-order valence-corrected chi connectivity index (χ0v) is 14.7. The maximum absolute atomic E-state index is 12.3. The Labute approximate surface area is 144 Å².